The number of anilines is 3. The molecule has 0 radical (unpaired) electrons. The van der Waals surface area contributed by atoms with E-state index in [0.717, 1.165) is 23.4 Å². The van der Waals surface area contributed by atoms with Gasteiger partial charge in [0.1, 0.15) is 23.3 Å². The molecule has 2 N–H and O–H groups in total. The van der Waals surface area contributed by atoms with Crippen LogP contribution in [0.5, 0.6) is 0 Å². The Morgan fingerprint density at radius 1 is 0.839 bits per heavy atom. The number of halogens is 2. The summed E-state index contributed by atoms with van der Waals surface area (Å²) < 4.78 is 26.9. The minimum atomic E-state index is -0.920. The molecule has 4 aromatic rings. The predicted molar refractivity (Wildman–Crippen MR) is 116 cm³/mol. The summed E-state index contributed by atoms with van der Waals surface area (Å²) in [6.45, 7) is 1.81. The number of nitrogens with zero attached hydrogens (tertiary/aromatic N) is 2. The first-order valence-electron chi connectivity index (χ1n) is 9.52. The molecular formula is C24H18F2N4O. The van der Waals surface area contributed by atoms with Gasteiger partial charge in [0.2, 0.25) is 0 Å². The van der Waals surface area contributed by atoms with E-state index in [1.54, 1.807) is 18.2 Å². The Bertz CT molecular complexity index is 1250. The molecule has 0 saturated carbocycles. The molecule has 0 aliphatic carbocycles. The summed E-state index contributed by atoms with van der Waals surface area (Å²) in [5.41, 5.74) is 2.64. The van der Waals surface area contributed by atoms with Gasteiger partial charge >= 0.3 is 0 Å². The van der Waals surface area contributed by atoms with Gasteiger partial charge in [-0.1, -0.05) is 36.4 Å². The SMILES string of the molecule is Cc1nc(Nc2cccc(NC(=O)c3ccc(F)cc3F)c2)cc(-c2ccccc2)n1. The molecule has 0 atom stereocenters. The van der Waals surface area contributed by atoms with Gasteiger partial charge in [-0.2, -0.15) is 0 Å². The summed E-state index contributed by atoms with van der Waals surface area (Å²) in [6.07, 6.45) is 0. The monoisotopic (exact) mass is 416 g/mol. The number of carbonyl (C=O) groups is 1. The van der Waals surface area contributed by atoms with Gasteiger partial charge in [-0.05, 0) is 37.3 Å². The minimum absolute atomic E-state index is 0.237. The van der Waals surface area contributed by atoms with E-state index in [1.807, 2.05) is 49.4 Å². The highest BCUT2D eigenvalue weighted by molar-refractivity contribution is 6.04. The van der Waals surface area contributed by atoms with Gasteiger partial charge in [0.15, 0.2) is 0 Å². The Kier molecular flexibility index (Phi) is 5.66. The Morgan fingerprint density at radius 2 is 1.61 bits per heavy atom. The standard InChI is InChI=1S/C24H18F2N4O/c1-15-27-22(16-6-3-2-4-7-16)14-23(28-15)29-18-8-5-9-19(13-18)30-24(31)20-11-10-17(25)12-21(20)26/h2-14H,1H3,(H,30,31)(H,27,28,29). The number of aryl methyl sites for hydroxylation is 1. The first-order valence-corrected chi connectivity index (χ1v) is 9.52. The van der Waals surface area contributed by atoms with Crippen LogP contribution in [-0.2, 0) is 0 Å². The zero-order chi connectivity index (χ0) is 21.8. The van der Waals surface area contributed by atoms with E-state index in [-0.39, 0.29) is 5.56 Å². The summed E-state index contributed by atoms with van der Waals surface area (Å²) in [5.74, 6) is -1.12. The normalized spacial score (nSPS) is 10.5. The van der Waals surface area contributed by atoms with Crippen molar-refractivity contribution < 1.29 is 13.6 Å². The van der Waals surface area contributed by atoms with Crippen LogP contribution in [0.2, 0.25) is 0 Å². The Balaban J connectivity index is 1.54. The molecule has 3 aromatic carbocycles. The molecule has 0 fully saturated rings. The molecular weight excluding hydrogens is 398 g/mol. The second kappa shape index (κ2) is 8.71. The molecule has 154 valence electrons. The van der Waals surface area contributed by atoms with E-state index in [4.69, 9.17) is 0 Å². The highest BCUT2D eigenvalue weighted by atomic mass is 19.1. The van der Waals surface area contributed by atoms with Crippen LogP contribution in [0.4, 0.5) is 26.0 Å². The maximum atomic E-state index is 13.9. The van der Waals surface area contributed by atoms with Gasteiger partial charge < -0.3 is 10.6 Å². The van der Waals surface area contributed by atoms with Crippen molar-refractivity contribution in [3.05, 3.63) is 102 Å². The van der Waals surface area contributed by atoms with Crippen molar-refractivity contribution in [1.29, 1.82) is 0 Å². The average molecular weight is 416 g/mol. The van der Waals surface area contributed by atoms with E-state index >= 15 is 0 Å². The first-order chi connectivity index (χ1) is 15.0. The van der Waals surface area contributed by atoms with E-state index in [0.29, 0.717) is 29.1 Å². The smallest absolute Gasteiger partial charge is 0.258 e. The van der Waals surface area contributed by atoms with Crippen molar-refractivity contribution in [3.63, 3.8) is 0 Å². The lowest BCUT2D eigenvalue weighted by atomic mass is 10.1. The summed E-state index contributed by atoms with van der Waals surface area (Å²) in [5, 5.41) is 5.82. The van der Waals surface area contributed by atoms with E-state index < -0.39 is 17.5 Å². The average Bonchev–Trinajstić information content (AvgIpc) is 2.74. The molecule has 5 nitrogen and oxygen atoms in total. The third kappa shape index (κ3) is 4.90. The van der Waals surface area contributed by atoms with Crippen LogP contribution >= 0.6 is 0 Å². The lowest BCUT2D eigenvalue weighted by Crippen LogP contribution is -2.14. The first kappa shape index (κ1) is 20.2. The largest absolute Gasteiger partial charge is 0.340 e. The maximum Gasteiger partial charge on any atom is 0.258 e. The second-order valence-corrected chi connectivity index (χ2v) is 6.84. The molecule has 0 spiro atoms. The number of benzene rings is 3. The van der Waals surface area contributed by atoms with Crippen LogP contribution in [0.15, 0.2) is 78.9 Å². The van der Waals surface area contributed by atoms with Gasteiger partial charge in [-0.3, -0.25) is 4.79 Å². The number of rotatable bonds is 5. The van der Waals surface area contributed by atoms with Crippen molar-refractivity contribution in [1.82, 2.24) is 9.97 Å². The number of carbonyl (C=O) groups excluding carboxylic acids is 1. The lowest BCUT2D eigenvalue weighted by Gasteiger charge is -2.11. The predicted octanol–water partition coefficient (Wildman–Crippen LogP) is 5.73. The van der Waals surface area contributed by atoms with E-state index in [9.17, 15) is 13.6 Å². The van der Waals surface area contributed by atoms with Crippen LogP contribution in [-0.4, -0.2) is 15.9 Å². The molecule has 0 bridgehead atoms. The van der Waals surface area contributed by atoms with Crippen molar-refractivity contribution in [2.75, 3.05) is 10.6 Å². The van der Waals surface area contributed by atoms with Crippen molar-refractivity contribution >= 4 is 23.1 Å². The van der Waals surface area contributed by atoms with Crippen LogP contribution in [0, 0.1) is 18.6 Å². The molecule has 0 saturated heterocycles. The topological polar surface area (TPSA) is 66.9 Å². The zero-order valence-corrected chi connectivity index (χ0v) is 16.6. The summed E-state index contributed by atoms with van der Waals surface area (Å²) in [6, 6.07) is 21.3. The van der Waals surface area contributed by atoms with Crippen LogP contribution in [0.1, 0.15) is 16.2 Å². The molecule has 4 rings (SSSR count). The van der Waals surface area contributed by atoms with Gasteiger partial charge in [0.25, 0.3) is 5.91 Å². The molecule has 1 heterocycles. The van der Waals surface area contributed by atoms with Crippen molar-refractivity contribution in [2.45, 2.75) is 6.92 Å². The fourth-order valence-electron chi connectivity index (χ4n) is 3.08. The maximum absolute atomic E-state index is 13.9. The zero-order valence-electron chi connectivity index (χ0n) is 16.6. The second-order valence-electron chi connectivity index (χ2n) is 6.84. The molecule has 0 aliphatic rings. The van der Waals surface area contributed by atoms with E-state index in [2.05, 4.69) is 20.6 Å². The number of hydrogen-bond acceptors (Lipinski definition) is 4. The molecule has 1 aromatic heterocycles. The van der Waals surface area contributed by atoms with Crippen LogP contribution in [0.3, 0.4) is 0 Å². The van der Waals surface area contributed by atoms with Gasteiger partial charge in [-0.25, -0.2) is 18.7 Å². The fraction of sp³-hybridized carbons (Fsp3) is 0.0417. The highest BCUT2D eigenvalue weighted by Crippen LogP contribution is 2.24. The number of hydrogen-bond donors (Lipinski definition) is 2. The third-order valence-corrected chi connectivity index (χ3v) is 4.48. The highest BCUT2D eigenvalue weighted by Gasteiger charge is 2.13. The van der Waals surface area contributed by atoms with E-state index in [1.165, 1.54) is 0 Å². The van der Waals surface area contributed by atoms with Gasteiger partial charge in [0.05, 0.1) is 11.3 Å². The van der Waals surface area contributed by atoms with Crippen molar-refractivity contribution in [3.8, 4) is 11.3 Å². The molecule has 0 unspecified atom stereocenters. The summed E-state index contributed by atoms with van der Waals surface area (Å²) in [4.78, 5) is 21.2. The number of nitrogens with one attached hydrogen (secondary N) is 2. The van der Waals surface area contributed by atoms with Gasteiger partial charge in [0, 0.05) is 29.1 Å². The Morgan fingerprint density at radius 3 is 2.39 bits per heavy atom. The Labute approximate surface area is 177 Å². The fourth-order valence-corrected chi connectivity index (χ4v) is 3.08. The summed E-state index contributed by atoms with van der Waals surface area (Å²) in [7, 11) is 0. The third-order valence-electron chi connectivity index (χ3n) is 4.48. The molecule has 1 amide bonds. The van der Waals surface area contributed by atoms with Crippen LogP contribution < -0.4 is 10.6 Å². The lowest BCUT2D eigenvalue weighted by molar-refractivity contribution is 0.102. The van der Waals surface area contributed by atoms with Crippen molar-refractivity contribution in [2.24, 2.45) is 0 Å². The molecule has 31 heavy (non-hydrogen) atoms. The van der Waals surface area contributed by atoms with Gasteiger partial charge in [-0.15, -0.1) is 0 Å². The Hall–Kier alpha value is -4.13. The van der Waals surface area contributed by atoms with Crippen LogP contribution in [0.25, 0.3) is 11.3 Å². The summed E-state index contributed by atoms with van der Waals surface area (Å²) >= 11 is 0. The number of amides is 1. The quantitative estimate of drug-likeness (QED) is 0.436. The molecule has 7 heteroatoms. The molecule has 0 aliphatic heterocycles. The number of aromatic nitrogens is 2. The minimum Gasteiger partial charge on any atom is -0.340 e.